The van der Waals surface area contributed by atoms with Gasteiger partial charge in [-0.25, -0.2) is 13.6 Å². The van der Waals surface area contributed by atoms with Crippen LogP contribution in [0.4, 0.5) is 8.78 Å². The first-order chi connectivity index (χ1) is 18.3. The molecule has 1 aliphatic heterocycles. The Morgan fingerprint density at radius 1 is 1.08 bits per heavy atom. The fraction of sp³-hybridized carbons (Fsp3) is 0.400. The number of aromatic nitrogens is 1. The highest BCUT2D eigenvalue weighted by Crippen LogP contribution is 2.48. The Labute approximate surface area is 220 Å². The lowest BCUT2D eigenvalue weighted by atomic mass is 9.92. The molecule has 1 aliphatic carbocycles. The summed E-state index contributed by atoms with van der Waals surface area (Å²) in [5.74, 6) is -1.36. The van der Waals surface area contributed by atoms with Crippen LogP contribution in [0.2, 0.25) is 0 Å². The molecule has 1 saturated heterocycles. The maximum atomic E-state index is 15.9. The Morgan fingerprint density at radius 3 is 2.34 bits per heavy atom. The average Bonchev–Trinajstić information content (AvgIpc) is 3.75. The number of carboxylic acid groups (broad SMARTS) is 1. The summed E-state index contributed by atoms with van der Waals surface area (Å²) in [5, 5.41) is 9.40. The third-order valence-electron chi connectivity index (χ3n) is 7.83. The zero-order valence-electron chi connectivity index (χ0n) is 21.7. The molecule has 2 heterocycles. The number of hydrogen-bond acceptors (Lipinski definition) is 4. The summed E-state index contributed by atoms with van der Waals surface area (Å²) in [7, 11) is 1.47. The van der Waals surface area contributed by atoms with E-state index in [9.17, 15) is 19.1 Å². The summed E-state index contributed by atoms with van der Waals surface area (Å²) < 4.78 is 36.6. The lowest BCUT2D eigenvalue weighted by Gasteiger charge is -2.33. The number of aromatic carboxylic acids is 1. The second-order valence-electron chi connectivity index (χ2n) is 10.2. The second kappa shape index (κ2) is 10.7. The quantitative estimate of drug-likeness (QED) is 0.406. The van der Waals surface area contributed by atoms with Crippen LogP contribution in [0.1, 0.15) is 71.6 Å². The van der Waals surface area contributed by atoms with Gasteiger partial charge in [-0.15, -0.1) is 0 Å². The van der Waals surface area contributed by atoms with E-state index in [1.54, 1.807) is 29.8 Å². The molecule has 1 N–H and O–H groups in total. The molecule has 1 saturated carbocycles. The number of benzene rings is 2. The Balaban J connectivity index is 1.37. The van der Waals surface area contributed by atoms with E-state index in [2.05, 4.69) is 4.90 Å². The van der Waals surface area contributed by atoms with Crippen molar-refractivity contribution in [3.05, 3.63) is 86.8 Å². The average molecular weight is 523 g/mol. The maximum absolute atomic E-state index is 15.9. The fourth-order valence-electron chi connectivity index (χ4n) is 5.69. The zero-order chi connectivity index (χ0) is 27.0. The first-order valence-electron chi connectivity index (χ1n) is 13.2. The van der Waals surface area contributed by atoms with Crippen molar-refractivity contribution in [2.24, 2.45) is 0 Å². The van der Waals surface area contributed by atoms with Crippen molar-refractivity contribution < 1.29 is 23.4 Å². The predicted molar refractivity (Wildman–Crippen MR) is 141 cm³/mol. The van der Waals surface area contributed by atoms with Crippen molar-refractivity contribution in [1.29, 1.82) is 0 Å². The smallest absolute Gasteiger partial charge is 0.336 e. The number of piperidine rings is 1. The van der Waals surface area contributed by atoms with Gasteiger partial charge in [0.15, 0.2) is 11.6 Å². The van der Waals surface area contributed by atoms with Crippen LogP contribution in [0.25, 0.3) is 11.1 Å². The van der Waals surface area contributed by atoms with Crippen LogP contribution in [0, 0.1) is 11.6 Å². The number of ether oxygens (including phenoxy) is 1. The molecule has 2 fully saturated rings. The number of pyridine rings is 1. The molecule has 38 heavy (non-hydrogen) atoms. The normalized spacial score (nSPS) is 16.5. The van der Waals surface area contributed by atoms with E-state index in [0.29, 0.717) is 42.7 Å². The van der Waals surface area contributed by atoms with E-state index < -0.39 is 11.8 Å². The Morgan fingerprint density at radius 2 is 1.76 bits per heavy atom. The molecular formula is C30H32F2N2O4. The van der Waals surface area contributed by atoms with Gasteiger partial charge in [0.1, 0.15) is 5.82 Å². The molecule has 0 radical (unpaired) electrons. The SMILES string of the molecule is CCc1c(C(=O)O)ccn(C2CCN(Cc3cc(C4CC4)c(-c4ccc(F)cc4)c(F)c3OC)CC2)c1=O. The monoisotopic (exact) mass is 522 g/mol. The van der Waals surface area contributed by atoms with Crippen LogP contribution in [0.5, 0.6) is 5.75 Å². The third-order valence-corrected chi connectivity index (χ3v) is 7.83. The van der Waals surface area contributed by atoms with Crippen LogP contribution in [-0.4, -0.2) is 40.7 Å². The molecule has 0 amide bonds. The van der Waals surface area contributed by atoms with Gasteiger partial charge < -0.3 is 14.4 Å². The minimum atomic E-state index is -1.09. The van der Waals surface area contributed by atoms with Crippen LogP contribution in [-0.2, 0) is 13.0 Å². The molecule has 3 aromatic rings. The number of nitrogens with zero attached hydrogens (tertiary/aromatic N) is 2. The minimum absolute atomic E-state index is 0.0200. The highest BCUT2D eigenvalue weighted by Gasteiger charge is 2.32. The fourth-order valence-corrected chi connectivity index (χ4v) is 5.69. The summed E-state index contributed by atoms with van der Waals surface area (Å²) in [4.78, 5) is 26.7. The molecule has 0 bridgehead atoms. The Hall–Kier alpha value is -3.52. The number of carboxylic acids is 1. The van der Waals surface area contributed by atoms with Crippen molar-refractivity contribution in [3.63, 3.8) is 0 Å². The maximum Gasteiger partial charge on any atom is 0.336 e. The first-order valence-corrected chi connectivity index (χ1v) is 13.2. The van der Waals surface area contributed by atoms with Crippen LogP contribution in [0.15, 0.2) is 47.4 Å². The summed E-state index contributed by atoms with van der Waals surface area (Å²) >= 11 is 0. The molecule has 2 aliphatic rings. The van der Waals surface area contributed by atoms with Gasteiger partial charge >= 0.3 is 5.97 Å². The highest BCUT2D eigenvalue weighted by atomic mass is 19.1. The topological polar surface area (TPSA) is 71.8 Å². The molecule has 6 nitrogen and oxygen atoms in total. The number of hydrogen-bond donors (Lipinski definition) is 1. The van der Waals surface area contributed by atoms with E-state index in [1.807, 2.05) is 6.07 Å². The van der Waals surface area contributed by atoms with E-state index in [-0.39, 0.29) is 34.6 Å². The second-order valence-corrected chi connectivity index (χ2v) is 10.2. The van der Waals surface area contributed by atoms with Gasteiger partial charge in [0.05, 0.1) is 12.7 Å². The van der Waals surface area contributed by atoms with Gasteiger partial charge in [0.25, 0.3) is 5.56 Å². The van der Waals surface area contributed by atoms with E-state index in [4.69, 9.17) is 4.74 Å². The molecule has 2 aromatic carbocycles. The number of halogens is 2. The summed E-state index contributed by atoms with van der Waals surface area (Å²) in [5.41, 5.74) is 3.02. The van der Waals surface area contributed by atoms with Crippen molar-refractivity contribution in [2.75, 3.05) is 20.2 Å². The van der Waals surface area contributed by atoms with Crippen LogP contribution in [0.3, 0.4) is 0 Å². The Kier molecular flexibility index (Phi) is 7.34. The van der Waals surface area contributed by atoms with Gasteiger partial charge in [-0.1, -0.05) is 19.1 Å². The lowest BCUT2D eigenvalue weighted by Crippen LogP contribution is -2.38. The largest absolute Gasteiger partial charge is 0.493 e. The summed E-state index contributed by atoms with van der Waals surface area (Å²) in [6, 6.07) is 9.46. The number of methoxy groups -OCH3 is 1. The molecular weight excluding hydrogens is 490 g/mol. The molecule has 0 unspecified atom stereocenters. The van der Waals surface area contributed by atoms with Gasteiger partial charge in [-0.05, 0) is 73.4 Å². The number of likely N-dealkylation sites (tertiary alicyclic amines) is 1. The van der Waals surface area contributed by atoms with Crippen molar-refractivity contribution in [2.45, 2.75) is 57.5 Å². The molecule has 1 aromatic heterocycles. The molecule has 200 valence electrons. The van der Waals surface area contributed by atoms with Gasteiger partial charge in [-0.2, -0.15) is 0 Å². The summed E-state index contributed by atoms with van der Waals surface area (Å²) in [6.45, 7) is 3.73. The van der Waals surface area contributed by atoms with E-state index in [0.717, 1.165) is 36.8 Å². The standard InChI is InChI=1S/C30H32F2N2O4/c1-3-23-24(30(36)37)12-15-34(29(23)35)22-10-13-33(14-11-22)17-20-16-25(18-4-5-18)26(27(32)28(20)38-2)19-6-8-21(31)9-7-19/h6-9,12,15-16,18,22H,3-5,10-11,13-14,17H2,1-2H3,(H,36,37). The zero-order valence-corrected chi connectivity index (χ0v) is 21.7. The minimum Gasteiger partial charge on any atom is -0.493 e. The van der Waals surface area contributed by atoms with Gasteiger partial charge in [-0.3, -0.25) is 9.69 Å². The number of rotatable bonds is 8. The summed E-state index contributed by atoms with van der Waals surface area (Å²) in [6.07, 6.45) is 5.41. The predicted octanol–water partition coefficient (Wildman–Crippen LogP) is 5.78. The molecule has 0 atom stereocenters. The van der Waals surface area contributed by atoms with Crippen LogP contribution < -0.4 is 10.3 Å². The van der Waals surface area contributed by atoms with Gasteiger partial charge in [0, 0.05) is 48.6 Å². The first kappa shape index (κ1) is 26.1. The van der Waals surface area contributed by atoms with E-state index >= 15 is 4.39 Å². The van der Waals surface area contributed by atoms with Crippen molar-refractivity contribution >= 4 is 5.97 Å². The number of carbonyl (C=O) groups is 1. The van der Waals surface area contributed by atoms with Gasteiger partial charge in [0.2, 0.25) is 0 Å². The van der Waals surface area contributed by atoms with Crippen molar-refractivity contribution in [1.82, 2.24) is 9.47 Å². The lowest BCUT2D eigenvalue weighted by molar-refractivity contribution is 0.0695. The Bertz CT molecular complexity index is 1410. The van der Waals surface area contributed by atoms with Crippen molar-refractivity contribution in [3.8, 4) is 16.9 Å². The molecule has 5 rings (SSSR count). The van der Waals surface area contributed by atoms with Crippen LogP contribution >= 0.6 is 0 Å². The highest BCUT2D eigenvalue weighted by molar-refractivity contribution is 5.89. The third kappa shape index (κ3) is 4.97. The van der Waals surface area contributed by atoms with E-state index in [1.165, 1.54) is 25.3 Å². The molecule has 8 heteroatoms. The molecule has 0 spiro atoms.